The Hall–Kier alpha value is -2.89. The summed E-state index contributed by atoms with van der Waals surface area (Å²) in [5.74, 6) is 0.381. The summed E-state index contributed by atoms with van der Waals surface area (Å²) in [4.78, 5) is 12.2. The largest absolute Gasteiger partial charge is 0.507 e. The zero-order valence-electron chi connectivity index (χ0n) is 11.7. The zero-order chi connectivity index (χ0) is 15.4. The lowest BCUT2D eigenvalue weighted by atomic mass is 10.1. The van der Waals surface area contributed by atoms with Gasteiger partial charge in [-0.25, -0.2) is 0 Å². The molecule has 0 saturated carbocycles. The zero-order valence-corrected chi connectivity index (χ0v) is 11.7. The van der Waals surface area contributed by atoms with Crippen LogP contribution in [0.4, 0.5) is 11.4 Å². The number of ether oxygens (including phenoxy) is 2. The lowest BCUT2D eigenvalue weighted by Crippen LogP contribution is -2.13. The second kappa shape index (κ2) is 6.04. The van der Waals surface area contributed by atoms with Gasteiger partial charge in [0, 0.05) is 12.1 Å². The third kappa shape index (κ3) is 3.17. The van der Waals surface area contributed by atoms with Gasteiger partial charge in [-0.1, -0.05) is 0 Å². The van der Waals surface area contributed by atoms with Crippen molar-refractivity contribution < 1.29 is 19.4 Å². The summed E-state index contributed by atoms with van der Waals surface area (Å²) in [7, 11) is 3.00. The van der Waals surface area contributed by atoms with Crippen molar-refractivity contribution in [3.8, 4) is 17.2 Å². The SMILES string of the molecule is COc1ccc(C(=O)Nc2cc(OC)ccc2N)c(O)c1. The van der Waals surface area contributed by atoms with Crippen molar-refractivity contribution in [1.82, 2.24) is 0 Å². The van der Waals surface area contributed by atoms with E-state index in [0.717, 1.165) is 0 Å². The minimum Gasteiger partial charge on any atom is -0.507 e. The number of carbonyl (C=O) groups excluding carboxylic acids is 1. The van der Waals surface area contributed by atoms with Crippen LogP contribution >= 0.6 is 0 Å². The summed E-state index contributed by atoms with van der Waals surface area (Å²) in [6.07, 6.45) is 0. The predicted octanol–water partition coefficient (Wildman–Crippen LogP) is 2.24. The highest BCUT2D eigenvalue weighted by Gasteiger charge is 2.14. The molecule has 0 heterocycles. The Labute approximate surface area is 122 Å². The lowest BCUT2D eigenvalue weighted by Gasteiger charge is -2.11. The highest BCUT2D eigenvalue weighted by atomic mass is 16.5. The number of nitrogens with two attached hydrogens (primary N) is 1. The van der Waals surface area contributed by atoms with Gasteiger partial charge in [0.15, 0.2) is 0 Å². The van der Waals surface area contributed by atoms with Gasteiger partial charge >= 0.3 is 0 Å². The van der Waals surface area contributed by atoms with Gasteiger partial charge in [-0.15, -0.1) is 0 Å². The maximum atomic E-state index is 12.2. The Kier molecular flexibility index (Phi) is 4.18. The highest BCUT2D eigenvalue weighted by molar-refractivity contribution is 6.07. The van der Waals surface area contributed by atoms with E-state index in [1.807, 2.05) is 0 Å². The van der Waals surface area contributed by atoms with E-state index in [2.05, 4.69) is 5.32 Å². The maximum Gasteiger partial charge on any atom is 0.259 e. The van der Waals surface area contributed by atoms with E-state index in [1.54, 1.807) is 24.3 Å². The van der Waals surface area contributed by atoms with E-state index in [0.29, 0.717) is 22.9 Å². The van der Waals surface area contributed by atoms with Gasteiger partial charge < -0.3 is 25.6 Å². The Bertz CT molecular complexity index is 671. The van der Waals surface area contributed by atoms with E-state index in [-0.39, 0.29) is 11.3 Å². The molecular formula is C15H16N2O4. The molecule has 6 heteroatoms. The average molecular weight is 288 g/mol. The van der Waals surface area contributed by atoms with Crippen LogP contribution in [0.3, 0.4) is 0 Å². The van der Waals surface area contributed by atoms with E-state index in [4.69, 9.17) is 15.2 Å². The van der Waals surface area contributed by atoms with Crippen LogP contribution < -0.4 is 20.5 Å². The van der Waals surface area contributed by atoms with Crippen LogP contribution in [0.1, 0.15) is 10.4 Å². The first-order chi connectivity index (χ1) is 10.0. The summed E-state index contributed by atoms with van der Waals surface area (Å²) in [5, 5.41) is 12.5. The van der Waals surface area contributed by atoms with E-state index in [1.165, 1.54) is 26.4 Å². The molecule has 0 aliphatic rings. The van der Waals surface area contributed by atoms with Crippen molar-refractivity contribution in [2.45, 2.75) is 0 Å². The van der Waals surface area contributed by atoms with Gasteiger partial charge in [-0.2, -0.15) is 0 Å². The van der Waals surface area contributed by atoms with Crippen LogP contribution in [0.2, 0.25) is 0 Å². The Morgan fingerprint density at radius 1 is 1.10 bits per heavy atom. The van der Waals surface area contributed by atoms with Crippen molar-refractivity contribution >= 4 is 17.3 Å². The smallest absolute Gasteiger partial charge is 0.259 e. The number of anilines is 2. The molecule has 0 radical (unpaired) electrons. The van der Waals surface area contributed by atoms with Crippen molar-refractivity contribution in [3.63, 3.8) is 0 Å². The number of nitrogen functional groups attached to an aromatic ring is 1. The number of phenolic OH excluding ortho intramolecular Hbond substituents is 1. The van der Waals surface area contributed by atoms with Crippen LogP contribution in [-0.2, 0) is 0 Å². The Balaban J connectivity index is 2.26. The summed E-state index contributed by atoms with van der Waals surface area (Å²) in [5.41, 5.74) is 6.74. The average Bonchev–Trinajstić information content (AvgIpc) is 2.49. The minimum atomic E-state index is -0.477. The molecule has 0 atom stereocenters. The number of methoxy groups -OCH3 is 2. The third-order valence-electron chi connectivity index (χ3n) is 2.96. The summed E-state index contributed by atoms with van der Waals surface area (Å²) in [6.45, 7) is 0. The predicted molar refractivity (Wildman–Crippen MR) is 80.0 cm³/mol. The van der Waals surface area contributed by atoms with Gasteiger partial charge in [0.25, 0.3) is 5.91 Å². The quantitative estimate of drug-likeness (QED) is 0.750. The monoisotopic (exact) mass is 288 g/mol. The Morgan fingerprint density at radius 3 is 2.33 bits per heavy atom. The molecular weight excluding hydrogens is 272 g/mol. The molecule has 0 aliphatic carbocycles. The van der Waals surface area contributed by atoms with Gasteiger partial charge in [-0.3, -0.25) is 4.79 Å². The van der Waals surface area contributed by atoms with Crippen molar-refractivity contribution in [1.29, 1.82) is 0 Å². The van der Waals surface area contributed by atoms with Crippen molar-refractivity contribution in [2.24, 2.45) is 0 Å². The second-order valence-electron chi connectivity index (χ2n) is 4.29. The molecule has 0 aliphatic heterocycles. The summed E-state index contributed by atoms with van der Waals surface area (Å²) < 4.78 is 10.0. The second-order valence-corrected chi connectivity index (χ2v) is 4.29. The fourth-order valence-corrected chi connectivity index (χ4v) is 1.79. The number of hydrogen-bond donors (Lipinski definition) is 3. The number of phenols is 1. The molecule has 0 bridgehead atoms. The molecule has 110 valence electrons. The fourth-order valence-electron chi connectivity index (χ4n) is 1.79. The molecule has 2 rings (SSSR count). The summed E-state index contributed by atoms with van der Waals surface area (Å²) >= 11 is 0. The normalized spacial score (nSPS) is 10.0. The molecule has 1 amide bonds. The maximum absolute atomic E-state index is 12.2. The first-order valence-electron chi connectivity index (χ1n) is 6.17. The lowest BCUT2D eigenvalue weighted by molar-refractivity contribution is 0.102. The van der Waals surface area contributed by atoms with Gasteiger partial charge in [0.05, 0.1) is 31.2 Å². The van der Waals surface area contributed by atoms with E-state index in [9.17, 15) is 9.90 Å². The van der Waals surface area contributed by atoms with Crippen LogP contribution in [0, 0.1) is 0 Å². The Morgan fingerprint density at radius 2 is 1.71 bits per heavy atom. The molecule has 0 spiro atoms. The van der Waals surface area contributed by atoms with Crippen molar-refractivity contribution in [3.05, 3.63) is 42.0 Å². The topological polar surface area (TPSA) is 93.8 Å². The first kappa shape index (κ1) is 14.5. The molecule has 2 aromatic carbocycles. The van der Waals surface area contributed by atoms with Gasteiger partial charge in [-0.05, 0) is 24.3 Å². The molecule has 2 aromatic rings. The molecule has 4 N–H and O–H groups in total. The number of amides is 1. The number of carbonyl (C=O) groups is 1. The molecule has 0 aromatic heterocycles. The van der Waals surface area contributed by atoms with E-state index < -0.39 is 5.91 Å². The van der Waals surface area contributed by atoms with Crippen LogP contribution in [0.15, 0.2) is 36.4 Å². The van der Waals surface area contributed by atoms with E-state index >= 15 is 0 Å². The number of benzene rings is 2. The number of rotatable bonds is 4. The van der Waals surface area contributed by atoms with Gasteiger partial charge in [0.1, 0.15) is 17.2 Å². The standard InChI is InChI=1S/C15H16N2O4/c1-20-9-4-6-12(16)13(7-9)17-15(19)11-5-3-10(21-2)8-14(11)18/h3-8,18H,16H2,1-2H3,(H,17,19). The molecule has 0 saturated heterocycles. The molecule has 6 nitrogen and oxygen atoms in total. The van der Waals surface area contributed by atoms with Gasteiger partial charge in [0.2, 0.25) is 0 Å². The minimum absolute atomic E-state index is 0.123. The van der Waals surface area contributed by atoms with Crippen LogP contribution in [0.25, 0.3) is 0 Å². The molecule has 21 heavy (non-hydrogen) atoms. The van der Waals surface area contributed by atoms with Crippen LogP contribution in [-0.4, -0.2) is 25.2 Å². The fraction of sp³-hybridized carbons (Fsp3) is 0.133. The van der Waals surface area contributed by atoms with Crippen LogP contribution in [0.5, 0.6) is 17.2 Å². The summed E-state index contributed by atoms with van der Waals surface area (Å²) in [6, 6.07) is 9.35. The number of nitrogens with one attached hydrogen (secondary N) is 1. The highest BCUT2D eigenvalue weighted by Crippen LogP contribution is 2.27. The molecule has 0 fully saturated rings. The van der Waals surface area contributed by atoms with Crippen molar-refractivity contribution in [2.75, 3.05) is 25.3 Å². The number of aromatic hydroxyl groups is 1. The third-order valence-corrected chi connectivity index (χ3v) is 2.96. The molecule has 0 unspecified atom stereocenters. The number of hydrogen-bond acceptors (Lipinski definition) is 5. The first-order valence-corrected chi connectivity index (χ1v) is 6.17.